The van der Waals surface area contributed by atoms with Gasteiger partial charge in [0.05, 0.1) is 16.1 Å². The molecule has 0 amide bonds. The second-order valence-electron chi connectivity index (χ2n) is 32.4. The number of furan rings is 3. The van der Waals surface area contributed by atoms with E-state index < -0.39 is 10.8 Å². The molecule has 4 aromatic heterocycles. The number of hydrogen-bond acceptors (Lipinski definition) is 8. The predicted molar refractivity (Wildman–Crippen MR) is 503 cm³/mol. The normalized spacial score (nSPS) is 14.8. The Morgan fingerprint density at radius 3 is 1.10 bits per heavy atom. The minimum atomic E-state index is -0.875. The van der Waals surface area contributed by atoms with Crippen molar-refractivity contribution in [2.24, 2.45) is 0 Å². The van der Waals surface area contributed by atoms with E-state index in [4.69, 9.17) is 13.3 Å². The molecule has 0 N–H and O–H groups in total. The minimum absolute atomic E-state index is 0.777. The van der Waals surface area contributed by atoms with Crippen molar-refractivity contribution in [1.82, 2.24) is 0 Å². The topological polar surface area (TPSA) is 52.4 Å². The zero-order valence-corrected chi connectivity index (χ0v) is 66.7. The molecule has 4 aliphatic rings. The molecule has 122 heavy (non-hydrogen) atoms. The first-order chi connectivity index (χ1) is 60.5. The quantitative estimate of drug-likeness (QED) is 0.114. The zero-order valence-electron chi connectivity index (χ0n) is 65.8. The Kier molecular flexibility index (Phi) is 14.8. The van der Waals surface area contributed by atoms with Crippen molar-refractivity contribution in [2.75, 3.05) is 19.6 Å². The summed E-state index contributed by atoms with van der Waals surface area (Å²) in [5.74, 6) is 1.86. The van der Waals surface area contributed by atoms with Crippen molar-refractivity contribution >= 4 is 144 Å². The second kappa shape index (κ2) is 26.4. The minimum Gasteiger partial charge on any atom is -0.459 e. The van der Waals surface area contributed by atoms with E-state index in [9.17, 15) is 0 Å². The first-order valence-corrected chi connectivity index (χ1v) is 42.6. The highest BCUT2D eigenvalue weighted by Crippen LogP contribution is 2.69. The molecule has 4 aliphatic carbocycles. The average Bonchev–Trinajstić information content (AvgIpc) is 1.50. The molecule has 2 unspecified atom stereocenters. The van der Waals surface area contributed by atoms with E-state index in [1.165, 1.54) is 64.7 Å². The smallest absolute Gasteiger partial charge is 0.159 e. The summed E-state index contributed by atoms with van der Waals surface area (Å²) in [4.78, 5) is 9.66. The molecule has 8 heteroatoms. The summed E-state index contributed by atoms with van der Waals surface area (Å²) in [6, 6.07) is 155. The standard InChI is InChI=1S/C114H70N4O3S/c1-6-31-72(32-7-1)115(73-33-8-2-9-34-73)78-60-64-89-98(67-78)113(111-107(89)91-45-18-23-54-102(91)120-111)94-50-21-16-42-83(94)85-62-58-80(69-96(85)113)117(75-37-12-4-13-38-75)100-52-28-49-93-106-82(47-29-56-104(106)119-109(93)100)71-30-26-41-77(66-71)116(74-35-10-3-11-36-74)79-61-65-90-99(68-79)114(112-108(90)92-46-19-24-55-103(92)121-112)95-51-22-17-43-84(95)86-63-59-81(70-97(86)114)118(76-39-14-5-15-40-76)101-53-27-48-88-87-44-20-25-57-105(87)122-110(88)101/h1-70H. The second-order valence-corrected chi connectivity index (χ2v) is 33.4. The lowest BCUT2D eigenvalue weighted by Crippen LogP contribution is -2.26. The molecule has 0 aliphatic heterocycles. The first-order valence-electron chi connectivity index (χ1n) is 41.8. The van der Waals surface area contributed by atoms with Gasteiger partial charge in [0.1, 0.15) is 39.1 Å². The van der Waals surface area contributed by atoms with Crippen LogP contribution in [-0.2, 0) is 10.8 Å². The van der Waals surface area contributed by atoms with Crippen LogP contribution in [0.5, 0.6) is 0 Å². The Labute approximate surface area is 707 Å². The number of fused-ring (bicyclic) bond motifs is 30. The number of para-hydroxylation sites is 8. The van der Waals surface area contributed by atoms with Crippen LogP contribution in [0.15, 0.2) is 438 Å². The van der Waals surface area contributed by atoms with Crippen molar-refractivity contribution in [3.63, 3.8) is 0 Å². The highest BCUT2D eigenvalue weighted by molar-refractivity contribution is 7.26. The van der Waals surface area contributed by atoms with Gasteiger partial charge in [-0.25, -0.2) is 0 Å². The van der Waals surface area contributed by atoms with Crippen LogP contribution in [0.2, 0.25) is 0 Å². The fourth-order valence-electron chi connectivity index (χ4n) is 21.3. The summed E-state index contributed by atoms with van der Waals surface area (Å²) in [5.41, 5.74) is 32.4. The third-order valence-electron chi connectivity index (χ3n) is 26.2. The first kappa shape index (κ1) is 68.3. The lowest BCUT2D eigenvalue weighted by atomic mass is 9.73. The Morgan fingerprint density at radius 2 is 0.566 bits per heavy atom. The zero-order chi connectivity index (χ0) is 79.9. The average molecular weight is 1580 g/mol. The molecule has 18 aromatic carbocycles. The van der Waals surface area contributed by atoms with Crippen molar-refractivity contribution in [3.8, 4) is 55.6 Å². The Hall–Kier alpha value is -15.7. The Balaban J connectivity index is 0.629. The third kappa shape index (κ3) is 9.66. The maximum atomic E-state index is 7.53. The van der Waals surface area contributed by atoms with Crippen LogP contribution in [0.25, 0.3) is 120 Å². The summed E-state index contributed by atoms with van der Waals surface area (Å²) in [6.45, 7) is 0. The van der Waals surface area contributed by atoms with E-state index in [-0.39, 0.29) is 0 Å². The van der Waals surface area contributed by atoms with Crippen molar-refractivity contribution in [3.05, 3.63) is 470 Å². The van der Waals surface area contributed by atoms with Crippen LogP contribution in [0.3, 0.4) is 0 Å². The van der Waals surface area contributed by atoms with Gasteiger partial charge >= 0.3 is 0 Å². The summed E-state index contributed by atoms with van der Waals surface area (Å²) >= 11 is 1.86. The molecule has 0 bridgehead atoms. The Morgan fingerprint density at radius 1 is 0.213 bits per heavy atom. The maximum absolute atomic E-state index is 7.53. The molecule has 2 atom stereocenters. The molecular formula is C114H70N4O3S. The van der Waals surface area contributed by atoms with Crippen LogP contribution in [0.4, 0.5) is 68.2 Å². The van der Waals surface area contributed by atoms with Gasteiger partial charge in [-0.05, 0) is 236 Å². The molecule has 570 valence electrons. The van der Waals surface area contributed by atoms with Gasteiger partial charge < -0.3 is 32.9 Å². The summed E-state index contributed by atoms with van der Waals surface area (Å²) in [5, 5.41) is 6.74. The van der Waals surface area contributed by atoms with Crippen LogP contribution in [-0.4, -0.2) is 0 Å². The van der Waals surface area contributed by atoms with Crippen LogP contribution in [0.1, 0.15) is 44.9 Å². The predicted octanol–water partition coefficient (Wildman–Crippen LogP) is 31.7. The van der Waals surface area contributed by atoms with Crippen LogP contribution < -0.4 is 19.6 Å². The van der Waals surface area contributed by atoms with E-state index in [2.05, 4.69) is 444 Å². The summed E-state index contributed by atoms with van der Waals surface area (Å²) < 4.78 is 25.0. The van der Waals surface area contributed by atoms with Gasteiger partial charge in [-0.1, -0.05) is 267 Å². The molecule has 0 radical (unpaired) electrons. The number of benzene rings is 18. The lowest BCUT2D eigenvalue weighted by molar-refractivity contribution is 0.506. The van der Waals surface area contributed by atoms with Gasteiger partial charge in [-0.3, -0.25) is 0 Å². The SMILES string of the molecule is c1ccc(N(c2ccccc2)c2ccc3c(c2)C2(c4ccccc4-c4ccc(N(c5ccccc5)c5cccc6c5oc5cccc(-c7cccc(N(c8ccccc8)c8ccc9c(c8)C8(c%10ccccc%10-c%10ccc(N(c%11ccccc%11)c%11cccc%12c%11sc%11ccccc%11%12)cc%108)c8oc%10ccccc%10c8-9)c7)c56)cc42)c2oc4ccccc4c2-3)cc1. The number of rotatable bonds is 13. The van der Waals surface area contributed by atoms with Crippen LogP contribution >= 0.6 is 11.3 Å². The van der Waals surface area contributed by atoms with Crippen molar-refractivity contribution in [1.29, 1.82) is 0 Å². The summed E-state index contributed by atoms with van der Waals surface area (Å²) in [6.07, 6.45) is 0. The molecule has 0 fully saturated rings. The molecule has 7 nitrogen and oxygen atoms in total. The van der Waals surface area contributed by atoms with E-state index in [1.54, 1.807) is 0 Å². The lowest BCUT2D eigenvalue weighted by Gasteiger charge is -2.32. The fraction of sp³-hybridized carbons (Fsp3) is 0.0175. The molecule has 26 rings (SSSR count). The molecule has 22 aromatic rings. The molecule has 2 spiro atoms. The molecule has 0 saturated heterocycles. The van der Waals surface area contributed by atoms with Gasteiger partial charge in [0.25, 0.3) is 0 Å². The van der Waals surface area contributed by atoms with Gasteiger partial charge in [-0.2, -0.15) is 0 Å². The van der Waals surface area contributed by atoms with Crippen molar-refractivity contribution < 1.29 is 13.3 Å². The molecule has 0 saturated carbocycles. The maximum Gasteiger partial charge on any atom is 0.159 e. The number of hydrogen-bond donors (Lipinski definition) is 0. The van der Waals surface area contributed by atoms with Crippen molar-refractivity contribution in [2.45, 2.75) is 10.8 Å². The number of anilines is 12. The highest BCUT2D eigenvalue weighted by atomic mass is 32.1. The van der Waals surface area contributed by atoms with Gasteiger partial charge in [0.2, 0.25) is 0 Å². The van der Waals surface area contributed by atoms with Gasteiger partial charge in [0, 0.05) is 105 Å². The fourth-order valence-corrected chi connectivity index (χ4v) is 22.5. The largest absolute Gasteiger partial charge is 0.459 e. The highest BCUT2D eigenvalue weighted by Gasteiger charge is 2.58. The number of thiophene rings is 1. The molecule has 4 heterocycles. The monoisotopic (exact) mass is 1570 g/mol. The van der Waals surface area contributed by atoms with E-state index in [0.717, 1.165) is 168 Å². The van der Waals surface area contributed by atoms with Crippen LogP contribution in [0, 0.1) is 0 Å². The van der Waals surface area contributed by atoms with Gasteiger partial charge in [0.15, 0.2) is 5.58 Å². The number of nitrogens with zero attached hydrogens (tertiary/aromatic N) is 4. The van der Waals surface area contributed by atoms with Gasteiger partial charge in [-0.15, -0.1) is 11.3 Å². The summed E-state index contributed by atoms with van der Waals surface area (Å²) in [7, 11) is 0. The Bertz CT molecular complexity index is 8030. The van der Waals surface area contributed by atoms with E-state index in [0.29, 0.717) is 0 Å². The van der Waals surface area contributed by atoms with E-state index >= 15 is 0 Å². The van der Waals surface area contributed by atoms with E-state index in [1.807, 2.05) is 11.3 Å². The molecular weight excluding hydrogens is 1510 g/mol. The third-order valence-corrected chi connectivity index (χ3v) is 27.4.